The summed E-state index contributed by atoms with van der Waals surface area (Å²) in [5.74, 6) is -1.66. The Morgan fingerprint density at radius 2 is 1.85 bits per heavy atom. The summed E-state index contributed by atoms with van der Waals surface area (Å²) in [5.41, 5.74) is 1.48. The van der Waals surface area contributed by atoms with E-state index in [0.29, 0.717) is 11.3 Å². The summed E-state index contributed by atoms with van der Waals surface area (Å²) in [6, 6.07) is 12.6. The number of likely N-dealkylation sites (N-methyl/N-ethyl adjacent to an activating group) is 1. The van der Waals surface area contributed by atoms with Crippen molar-refractivity contribution in [2.45, 2.75) is 25.2 Å². The van der Waals surface area contributed by atoms with E-state index in [2.05, 4.69) is 10.1 Å². The van der Waals surface area contributed by atoms with Gasteiger partial charge in [0.1, 0.15) is 5.75 Å². The zero-order valence-corrected chi connectivity index (χ0v) is 14.4. The highest BCUT2D eigenvalue weighted by Crippen LogP contribution is 2.34. The molecule has 3 rings (SSSR count). The molecule has 27 heavy (non-hydrogen) atoms. The van der Waals surface area contributed by atoms with Gasteiger partial charge in [0.2, 0.25) is 11.8 Å². The molecule has 0 aliphatic carbocycles. The number of hydrogen-bond donors (Lipinski definition) is 1. The van der Waals surface area contributed by atoms with Crippen molar-refractivity contribution in [2.75, 3.05) is 12.4 Å². The van der Waals surface area contributed by atoms with Crippen LogP contribution >= 0.6 is 0 Å². The highest BCUT2D eigenvalue weighted by Gasteiger charge is 2.34. The molecule has 0 saturated heterocycles. The van der Waals surface area contributed by atoms with E-state index < -0.39 is 12.3 Å². The molecule has 1 N–H and O–H groups in total. The molecule has 142 valence electrons. The number of anilines is 1. The third kappa shape index (κ3) is 4.39. The average molecular weight is 378 g/mol. The first-order valence-corrected chi connectivity index (χ1v) is 8.22. The van der Waals surface area contributed by atoms with Crippen molar-refractivity contribution < 1.29 is 27.5 Å². The lowest BCUT2D eigenvalue weighted by atomic mass is 9.89. The van der Waals surface area contributed by atoms with Crippen LogP contribution in [-0.2, 0) is 16.1 Å². The maximum absolute atomic E-state index is 12.9. The van der Waals surface area contributed by atoms with Crippen molar-refractivity contribution >= 4 is 17.5 Å². The molecular weight excluding hydrogens is 361 g/mol. The Balaban J connectivity index is 1.81. The fraction of sp³-hybridized carbons (Fsp3) is 0.263. The molecule has 0 spiro atoms. The van der Waals surface area contributed by atoms with Crippen molar-refractivity contribution in [3.8, 4) is 5.75 Å². The molecule has 2 aromatic carbocycles. The summed E-state index contributed by atoms with van der Waals surface area (Å²) in [7, 11) is 1.49. The average Bonchev–Trinajstić information content (AvgIpc) is 2.60. The Morgan fingerprint density at radius 1 is 1.19 bits per heavy atom. The number of hydrogen-bond acceptors (Lipinski definition) is 3. The lowest BCUT2D eigenvalue weighted by Gasteiger charge is -2.29. The van der Waals surface area contributed by atoms with Gasteiger partial charge >= 0.3 is 6.36 Å². The van der Waals surface area contributed by atoms with Crippen molar-refractivity contribution in [3.63, 3.8) is 0 Å². The van der Waals surface area contributed by atoms with E-state index in [9.17, 15) is 22.8 Å². The van der Waals surface area contributed by atoms with Gasteiger partial charge in [0, 0.05) is 31.3 Å². The van der Waals surface area contributed by atoms with Gasteiger partial charge in [-0.1, -0.05) is 36.4 Å². The molecule has 8 heteroatoms. The van der Waals surface area contributed by atoms with Gasteiger partial charge in [-0.15, -0.1) is 13.2 Å². The number of alkyl halides is 3. The largest absolute Gasteiger partial charge is 0.573 e. The van der Waals surface area contributed by atoms with E-state index in [1.807, 2.05) is 0 Å². The van der Waals surface area contributed by atoms with Crippen LogP contribution in [0, 0.1) is 0 Å². The van der Waals surface area contributed by atoms with Crippen LogP contribution in [0.2, 0.25) is 0 Å². The van der Waals surface area contributed by atoms with E-state index in [1.54, 1.807) is 30.3 Å². The maximum Gasteiger partial charge on any atom is 0.573 e. The molecule has 0 radical (unpaired) electrons. The van der Waals surface area contributed by atoms with Gasteiger partial charge in [0.25, 0.3) is 0 Å². The van der Waals surface area contributed by atoms with Gasteiger partial charge < -0.3 is 15.0 Å². The molecule has 1 aliphatic rings. The normalized spacial score (nSPS) is 16.3. The van der Waals surface area contributed by atoms with Crippen molar-refractivity contribution in [3.05, 3.63) is 59.7 Å². The molecule has 0 saturated carbocycles. The molecule has 1 unspecified atom stereocenters. The Kier molecular flexibility index (Phi) is 5.07. The molecule has 5 nitrogen and oxygen atoms in total. The SMILES string of the molecule is CN(Cc1ccccc1OC(F)(F)F)C(=O)C1CC(=O)Nc2ccccc21. The van der Waals surface area contributed by atoms with Gasteiger partial charge in [-0.05, 0) is 17.7 Å². The number of carbonyl (C=O) groups excluding carboxylic acids is 2. The van der Waals surface area contributed by atoms with Crippen LogP contribution in [0.25, 0.3) is 0 Å². The Labute approximate surface area is 153 Å². The second-order valence-corrected chi connectivity index (χ2v) is 6.24. The number of nitrogens with one attached hydrogen (secondary N) is 1. The summed E-state index contributed by atoms with van der Waals surface area (Å²) in [6.45, 7) is -0.0780. The van der Waals surface area contributed by atoms with E-state index in [0.717, 1.165) is 0 Å². The van der Waals surface area contributed by atoms with E-state index in [-0.39, 0.29) is 36.1 Å². The Morgan fingerprint density at radius 3 is 2.59 bits per heavy atom. The van der Waals surface area contributed by atoms with Crippen LogP contribution in [0.3, 0.4) is 0 Å². The second kappa shape index (κ2) is 7.30. The summed E-state index contributed by atoms with van der Waals surface area (Å²) in [5, 5.41) is 2.71. The van der Waals surface area contributed by atoms with E-state index in [4.69, 9.17) is 0 Å². The number of nitrogens with zero attached hydrogens (tertiary/aromatic N) is 1. The minimum Gasteiger partial charge on any atom is -0.405 e. The van der Waals surface area contributed by atoms with Crippen LogP contribution in [0.4, 0.5) is 18.9 Å². The molecule has 1 atom stereocenters. The number of para-hydroxylation sites is 2. The minimum absolute atomic E-state index is 0.0130. The first kappa shape index (κ1) is 18.8. The number of rotatable bonds is 4. The fourth-order valence-corrected chi connectivity index (χ4v) is 3.09. The Bertz CT molecular complexity index is 867. The minimum atomic E-state index is -4.82. The number of benzene rings is 2. The molecule has 0 aromatic heterocycles. The zero-order chi connectivity index (χ0) is 19.6. The third-order valence-corrected chi connectivity index (χ3v) is 4.28. The first-order valence-electron chi connectivity index (χ1n) is 8.22. The van der Waals surface area contributed by atoms with Gasteiger partial charge in [-0.2, -0.15) is 0 Å². The molecule has 0 fully saturated rings. The third-order valence-electron chi connectivity index (χ3n) is 4.28. The van der Waals surface area contributed by atoms with Gasteiger partial charge in [0.15, 0.2) is 0 Å². The Hall–Kier alpha value is -3.03. The van der Waals surface area contributed by atoms with Gasteiger partial charge in [0.05, 0.1) is 5.92 Å². The molecule has 1 aliphatic heterocycles. The fourth-order valence-electron chi connectivity index (χ4n) is 3.09. The lowest BCUT2D eigenvalue weighted by molar-refractivity contribution is -0.275. The number of amides is 2. The number of halogens is 3. The summed E-state index contributed by atoms with van der Waals surface area (Å²) in [4.78, 5) is 26.1. The van der Waals surface area contributed by atoms with Crippen LogP contribution < -0.4 is 10.1 Å². The topological polar surface area (TPSA) is 58.6 Å². The smallest absolute Gasteiger partial charge is 0.405 e. The summed E-state index contributed by atoms with van der Waals surface area (Å²) >= 11 is 0. The van der Waals surface area contributed by atoms with Gasteiger partial charge in [-0.25, -0.2) is 0 Å². The first-order chi connectivity index (χ1) is 12.7. The van der Waals surface area contributed by atoms with Crippen LogP contribution in [-0.4, -0.2) is 30.1 Å². The highest BCUT2D eigenvalue weighted by atomic mass is 19.4. The predicted octanol–water partition coefficient (Wildman–Crippen LogP) is 3.67. The summed E-state index contributed by atoms with van der Waals surface area (Å²) < 4.78 is 41.7. The molecule has 2 amide bonds. The quantitative estimate of drug-likeness (QED) is 0.883. The molecule has 0 bridgehead atoms. The monoisotopic (exact) mass is 378 g/mol. The van der Waals surface area contributed by atoms with E-state index >= 15 is 0 Å². The van der Waals surface area contributed by atoms with Crippen LogP contribution in [0.5, 0.6) is 5.75 Å². The molecular formula is C19H17F3N2O3. The molecule has 2 aromatic rings. The van der Waals surface area contributed by atoms with Crippen molar-refractivity contribution in [1.29, 1.82) is 0 Å². The lowest BCUT2D eigenvalue weighted by Crippen LogP contribution is -2.36. The predicted molar refractivity (Wildman–Crippen MR) is 92.0 cm³/mol. The van der Waals surface area contributed by atoms with E-state index in [1.165, 1.54) is 30.1 Å². The van der Waals surface area contributed by atoms with Gasteiger partial charge in [-0.3, -0.25) is 9.59 Å². The number of carbonyl (C=O) groups is 2. The number of fused-ring (bicyclic) bond motifs is 1. The van der Waals surface area contributed by atoms with Crippen LogP contribution in [0.1, 0.15) is 23.5 Å². The van der Waals surface area contributed by atoms with Crippen molar-refractivity contribution in [2.24, 2.45) is 0 Å². The summed E-state index contributed by atoms with van der Waals surface area (Å²) in [6.07, 6.45) is -4.83. The second-order valence-electron chi connectivity index (χ2n) is 6.24. The number of ether oxygens (including phenoxy) is 1. The van der Waals surface area contributed by atoms with Crippen LogP contribution in [0.15, 0.2) is 48.5 Å². The molecule has 1 heterocycles. The standard InChI is InChI=1S/C19H17F3N2O3/c1-24(11-12-6-2-5-9-16(12)27-19(20,21)22)18(26)14-10-17(25)23-15-8-4-3-7-13(14)15/h2-9,14H,10-11H2,1H3,(H,23,25). The maximum atomic E-state index is 12.9. The highest BCUT2D eigenvalue weighted by molar-refractivity contribution is 6.01. The zero-order valence-electron chi connectivity index (χ0n) is 14.4. The van der Waals surface area contributed by atoms with Crippen molar-refractivity contribution in [1.82, 2.24) is 4.90 Å².